The zero-order valence-corrected chi connectivity index (χ0v) is 20.2. The summed E-state index contributed by atoms with van der Waals surface area (Å²) in [7, 11) is 1.76. The van der Waals surface area contributed by atoms with Crippen LogP contribution in [0.2, 0.25) is 5.02 Å². The number of carbonyl (C=O) groups excluding carboxylic acids is 3. The van der Waals surface area contributed by atoms with Gasteiger partial charge in [-0.05, 0) is 43.2 Å². The van der Waals surface area contributed by atoms with Crippen molar-refractivity contribution >= 4 is 46.9 Å². The average Bonchev–Trinajstić information content (AvgIpc) is 3.18. The van der Waals surface area contributed by atoms with E-state index >= 15 is 0 Å². The van der Waals surface area contributed by atoms with Crippen LogP contribution in [0, 0.1) is 5.92 Å². The molecule has 176 valence electrons. The van der Waals surface area contributed by atoms with E-state index in [1.54, 1.807) is 47.4 Å². The van der Waals surface area contributed by atoms with E-state index in [9.17, 15) is 14.4 Å². The first-order chi connectivity index (χ1) is 15.7. The number of anilines is 1. The lowest BCUT2D eigenvalue weighted by molar-refractivity contribution is -0.157. The van der Waals surface area contributed by atoms with Crippen LogP contribution in [0.15, 0.2) is 24.5 Å². The Bertz CT molecular complexity index is 1090. The number of halogens is 1. The van der Waals surface area contributed by atoms with E-state index in [0.29, 0.717) is 34.9 Å². The van der Waals surface area contributed by atoms with Crippen LogP contribution in [0.3, 0.4) is 0 Å². The van der Waals surface area contributed by atoms with Gasteiger partial charge in [-0.25, -0.2) is 9.78 Å². The second-order valence-corrected chi connectivity index (χ2v) is 9.88. The molecule has 1 saturated carbocycles. The molecule has 33 heavy (non-hydrogen) atoms. The van der Waals surface area contributed by atoms with Crippen molar-refractivity contribution < 1.29 is 14.4 Å². The first-order valence-corrected chi connectivity index (χ1v) is 12.3. The summed E-state index contributed by atoms with van der Waals surface area (Å²) in [5.74, 6) is 0.313. The number of rotatable bonds is 5. The van der Waals surface area contributed by atoms with Crippen LogP contribution >= 0.6 is 23.4 Å². The summed E-state index contributed by atoms with van der Waals surface area (Å²) < 4.78 is 1.57. The molecule has 12 heteroatoms. The van der Waals surface area contributed by atoms with Crippen LogP contribution < -0.4 is 16.2 Å². The summed E-state index contributed by atoms with van der Waals surface area (Å²) >= 11 is 7.67. The molecule has 1 aliphatic carbocycles. The van der Waals surface area contributed by atoms with Gasteiger partial charge in [0.15, 0.2) is 5.82 Å². The van der Waals surface area contributed by atoms with Crippen molar-refractivity contribution in [2.75, 3.05) is 17.3 Å². The van der Waals surface area contributed by atoms with Crippen LogP contribution in [0.5, 0.6) is 0 Å². The Morgan fingerprint density at radius 3 is 2.76 bits per heavy atom. The quantitative estimate of drug-likeness (QED) is 0.552. The zero-order chi connectivity index (χ0) is 23.8. The molecule has 3 atom stereocenters. The fraction of sp³-hybridized carbons (Fsp3) is 0.476. The highest BCUT2D eigenvalue weighted by molar-refractivity contribution is 7.99. The smallest absolute Gasteiger partial charge is 0.308 e. The molecule has 2 heterocycles. The van der Waals surface area contributed by atoms with Crippen molar-refractivity contribution in [2.24, 2.45) is 13.0 Å². The molecule has 10 nitrogen and oxygen atoms in total. The zero-order valence-electron chi connectivity index (χ0n) is 18.6. The highest BCUT2D eigenvalue weighted by Gasteiger charge is 2.62. The number of fused-ring (bicyclic) bond motifs is 2. The number of piperidine rings is 1. The Morgan fingerprint density at radius 1 is 1.27 bits per heavy atom. The van der Waals surface area contributed by atoms with Crippen molar-refractivity contribution in [3.05, 3.63) is 29.5 Å². The third-order valence-corrected chi connectivity index (χ3v) is 6.93. The molecule has 2 bridgehead atoms. The van der Waals surface area contributed by atoms with Crippen molar-refractivity contribution in [1.82, 2.24) is 30.5 Å². The van der Waals surface area contributed by atoms with E-state index in [1.807, 2.05) is 0 Å². The molecule has 3 unspecified atom stereocenters. The van der Waals surface area contributed by atoms with Crippen LogP contribution in [0.1, 0.15) is 26.2 Å². The van der Waals surface area contributed by atoms with Crippen LogP contribution in [-0.4, -0.2) is 61.1 Å². The number of aryl methyl sites for hydroxylation is 1. The van der Waals surface area contributed by atoms with E-state index in [0.717, 1.165) is 6.42 Å². The molecule has 1 aromatic carbocycles. The number of hydrogen-bond donors (Lipinski definition) is 3. The van der Waals surface area contributed by atoms with Gasteiger partial charge in [-0.1, -0.05) is 18.5 Å². The summed E-state index contributed by atoms with van der Waals surface area (Å²) in [4.78, 5) is 44.0. The lowest BCUT2D eigenvalue weighted by Crippen LogP contribution is -2.78. The van der Waals surface area contributed by atoms with Gasteiger partial charge in [0.05, 0.1) is 10.8 Å². The van der Waals surface area contributed by atoms with E-state index in [-0.39, 0.29) is 35.6 Å². The summed E-state index contributed by atoms with van der Waals surface area (Å²) in [6, 6.07) is 4.67. The summed E-state index contributed by atoms with van der Waals surface area (Å²) in [6.45, 7) is 2.07. The number of benzene rings is 1. The molecular weight excluding hydrogens is 466 g/mol. The second kappa shape index (κ2) is 9.22. The molecule has 1 saturated heterocycles. The topological polar surface area (TPSA) is 121 Å². The minimum Gasteiger partial charge on any atom is -0.308 e. The molecule has 2 fully saturated rings. The molecule has 0 radical (unpaired) electrons. The Balaban J connectivity index is 1.51. The monoisotopic (exact) mass is 491 g/mol. The predicted molar refractivity (Wildman–Crippen MR) is 127 cm³/mol. The van der Waals surface area contributed by atoms with Gasteiger partial charge in [-0.3, -0.25) is 25.1 Å². The molecule has 1 aliphatic heterocycles. The van der Waals surface area contributed by atoms with Crippen LogP contribution in [0.25, 0.3) is 11.4 Å². The first kappa shape index (κ1) is 23.4. The molecule has 4 rings (SSSR count). The molecule has 1 aromatic heterocycles. The number of hydrazine groups is 1. The third kappa shape index (κ3) is 4.51. The lowest BCUT2D eigenvalue weighted by atomic mass is 9.64. The SMILES string of the molecule is CSCC(=O)NNC(=O)C12CC(C)CC(C1)N2C(=O)Nc1ccc(Cl)c(-c2ncn(C)n2)c1. The molecule has 2 aromatic rings. The maximum absolute atomic E-state index is 13.3. The summed E-state index contributed by atoms with van der Waals surface area (Å²) in [5, 5.41) is 7.63. The van der Waals surface area contributed by atoms with Gasteiger partial charge in [-0.15, -0.1) is 0 Å². The standard InChI is InChI=1S/C21H26ClN7O3S/c1-12-6-14-9-21(8-12,19(31)26-25-17(30)10-33-3)29(14)20(32)24-13-4-5-16(22)15(7-13)18-23-11-28(2)27-18/h4-5,7,11-12,14H,6,8-10H2,1-3H3,(H,24,32)(H,25,30)(H,26,31). The van der Waals surface area contributed by atoms with E-state index < -0.39 is 5.54 Å². The number of nitrogens with zero attached hydrogens (tertiary/aromatic N) is 4. The van der Waals surface area contributed by atoms with Gasteiger partial charge >= 0.3 is 6.03 Å². The fourth-order valence-electron chi connectivity index (χ4n) is 4.80. The highest BCUT2D eigenvalue weighted by atomic mass is 35.5. The number of thioether (sulfide) groups is 1. The fourth-order valence-corrected chi connectivity index (χ4v) is 5.33. The Kier molecular flexibility index (Phi) is 6.53. The predicted octanol–water partition coefficient (Wildman–Crippen LogP) is 2.42. The lowest BCUT2D eigenvalue weighted by Gasteiger charge is -2.61. The third-order valence-electron chi connectivity index (χ3n) is 6.05. The first-order valence-electron chi connectivity index (χ1n) is 10.6. The second-order valence-electron chi connectivity index (χ2n) is 8.61. The normalized spacial score (nSPS) is 23.5. The number of nitrogens with one attached hydrogen (secondary N) is 3. The van der Waals surface area contributed by atoms with Gasteiger partial charge in [0, 0.05) is 30.8 Å². The van der Waals surface area contributed by atoms with Crippen molar-refractivity contribution in [3.63, 3.8) is 0 Å². The number of aromatic nitrogens is 3. The number of urea groups is 1. The number of carbonyl (C=O) groups is 3. The number of likely N-dealkylation sites (tertiary alicyclic amines) is 1. The van der Waals surface area contributed by atoms with Gasteiger partial charge in [0.2, 0.25) is 5.91 Å². The molecule has 4 amide bonds. The number of hydrogen-bond acceptors (Lipinski definition) is 6. The molecule has 0 spiro atoms. The van der Waals surface area contributed by atoms with E-state index in [1.165, 1.54) is 11.8 Å². The van der Waals surface area contributed by atoms with Crippen molar-refractivity contribution in [1.29, 1.82) is 0 Å². The van der Waals surface area contributed by atoms with Gasteiger partial charge < -0.3 is 10.2 Å². The Labute approximate surface area is 200 Å². The maximum Gasteiger partial charge on any atom is 0.323 e. The van der Waals surface area contributed by atoms with Crippen LogP contribution in [0.4, 0.5) is 10.5 Å². The minimum atomic E-state index is -0.989. The average molecular weight is 492 g/mol. The summed E-state index contributed by atoms with van der Waals surface area (Å²) in [6.07, 6.45) is 5.30. The van der Waals surface area contributed by atoms with Crippen LogP contribution in [-0.2, 0) is 16.6 Å². The van der Waals surface area contributed by atoms with Gasteiger partial charge in [0.1, 0.15) is 11.9 Å². The Hall–Kier alpha value is -2.79. The highest BCUT2D eigenvalue weighted by Crippen LogP contribution is 2.50. The van der Waals surface area contributed by atoms with Crippen molar-refractivity contribution in [3.8, 4) is 11.4 Å². The Morgan fingerprint density at radius 2 is 2.06 bits per heavy atom. The minimum absolute atomic E-state index is 0.0365. The maximum atomic E-state index is 13.3. The largest absolute Gasteiger partial charge is 0.323 e. The summed E-state index contributed by atoms with van der Waals surface area (Å²) in [5.41, 5.74) is 5.08. The molecule has 3 N–H and O–H groups in total. The number of amides is 4. The van der Waals surface area contributed by atoms with Gasteiger partial charge in [0.25, 0.3) is 5.91 Å². The van der Waals surface area contributed by atoms with E-state index in [2.05, 4.69) is 33.2 Å². The van der Waals surface area contributed by atoms with Gasteiger partial charge in [-0.2, -0.15) is 16.9 Å². The molecule has 2 aliphatic rings. The van der Waals surface area contributed by atoms with E-state index in [4.69, 9.17) is 11.6 Å². The van der Waals surface area contributed by atoms with Crippen molar-refractivity contribution in [2.45, 2.75) is 37.8 Å². The molecular formula is C21H26ClN7O3S.